The molecule has 32 heavy (non-hydrogen) atoms. The number of aryl methyl sites for hydroxylation is 1. The number of hydrogen-bond acceptors (Lipinski definition) is 4. The van der Waals surface area contributed by atoms with Crippen molar-refractivity contribution in [1.82, 2.24) is 5.32 Å². The Morgan fingerprint density at radius 1 is 1.12 bits per heavy atom. The maximum absolute atomic E-state index is 13.3. The summed E-state index contributed by atoms with van der Waals surface area (Å²) >= 11 is 0. The van der Waals surface area contributed by atoms with E-state index in [1.807, 2.05) is 43.3 Å². The van der Waals surface area contributed by atoms with E-state index < -0.39 is 16.1 Å². The molecule has 0 bridgehead atoms. The van der Waals surface area contributed by atoms with Crippen molar-refractivity contribution >= 4 is 21.6 Å². The molecular formula is C25H34N2O4S. The van der Waals surface area contributed by atoms with Crippen molar-refractivity contribution in [1.29, 1.82) is 0 Å². The summed E-state index contributed by atoms with van der Waals surface area (Å²) in [6, 6.07) is 13.9. The Hall–Kier alpha value is -2.54. The number of nitrogens with one attached hydrogen (secondary N) is 1. The summed E-state index contributed by atoms with van der Waals surface area (Å²) in [6.45, 7) is 7.84. The first-order valence-corrected chi connectivity index (χ1v) is 13.2. The molecule has 0 fully saturated rings. The van der Waals surface area contributed by atoms with Gasteiger partial charge in [0, 0.05) is 12.0 Å². The molecule has 0 unspecified atom stereocenters. The van der Waals surface area contributed by atoms with Crippen LogP contribution in [0.3, 0.4) is 0 Å². The van der Waals surface area contributed by atoms with E-state index >= 15 is 0 Å². The van der Waals surface area contributed by atoms with E-state index in [2.05, 4.69) is 19.2 Å². The zero-order chi connectivity index (χ0) is 23.5. The fraction of sp³-hybridized carbons (Fsp3) is 0.480. The molecule has 1 aliphatic rings. The summed E-state index contributed by atoms with van der Waals surface area (Å²) in [5.41, 5.74) is 2.15. The van der Waals surface area contributed by atoms with Crippen molar-refractivity contribution in [2.45, 2.75) is 71.1 Å². The predicted molar refractivity (Wildman–Crippen MR) is 128 cm³/mol. The lowest BCUT2D eigenvalue weighted by molar-refractivity contribution is -0.123. The molecule has 0 saturated heterocycles. The zero-order valence-electron chi connectivity index (χ0n) is 19.6. The third-order valence-corrected chi connectivity index (χ3v) is 7.73. The van der Waals surface area contributed by atoms with Gasteiger partial charge in [0.25, 0.3) is 0 Å². The minimum Gasteiger partial charge on any atom is -0.487 e. The molecule has 0 aliphatic carbocycles. The SMILES string of the molecule is CCc1ccc(N([C@@H](C)C(=O)N[C@H]2CC(CC)(CC)Oc3ccccc32)S(C)(=O)=O)cc1. The molecule has 7 heteroatoms. The quantitative estimate of drug-likeness (QED) is 0.627. The average molecular weight is 459 g/mol. The highest BCUT2D eigenvalue weighted by atomic mass is 32.2. The van der Waals surface area contributed by atoms with Gasteiger partial charge < -0.3 is 10.1 Å². The van der Waals surface area contributed by atoms with Gasteiger partial charge in [0.2, 0.25) is 15.9 Å². The summed E-state index contributed by atoms with van der Waals surface area (Å²) < 4.78 is 32.8. The van der Waals surface area contributed by atoms with Gasteiger partial charge in [-0.3, -0.25) is 9.10 Å². The number of ether oxygens (including phenoxy) is 1. The minimum atomic E-state index is -3.67. The van der Waals surface area contributed by atoms with Gasteiger partial charge in [-0.1, -0.05) is 51.1 Å². The van der Waals surface area contributed by atoms with Crippen molar-refractivity contribution < 1.29 is 17.9 Å². The number of nitrogens with zero attached hydrogens (tertiary/aromatic N) is 1. The molecule has 1 heterocycles. The van der Waals surface area contributed by atoms with Crippen LogP contribution in [0.5, 0.6) is 5.75 Å². The number of hydrogen-bond donors (Lipinski definition) is 1. The first-order chi connectivity index (χ1) is 15.1. The number of anilines is 1. The summed E-state index contributed by atoms with van der Waals surface area (Å²) in [7, 11) is -3.67. The minimum absolute atomic E-state index is 0.251. The van der Waals surface area contributed by atoms with Gasteiger partial charge in [0.1, 0.15) is 17.4 Å². The molecule has 6 nitrogen and oxygen atoms in total. The summed E-state index contributed by atoms with van der Waals surface area (Å²) in [4.78, 5) is 13.3. The third kappa shape index (κ3) is 4.93. The number of para-hydroxylation sites is 1. The van der Waals surface area contributed by atoms with Crippen molar-refractivity contribution in [3.8, 4) is 5.75 Å². The van der Waals surface area contributed by atoms with E-state index in [1.54, 1.807) is 19.1 Å². The van der Waals surface area contributed by atoms with E-state index in [9.17, 15) is 13.2 Å². The second-order valence-corrected chi connectivity index (χ2v) is 10.4. The predicted octanol–water partition coefficient (Wildman–Crippen LogP) is 4.60. The van der Waals surface area contributed by atoms with Crippen molar-refractivity contribution in [3.05, 3.63) is 59.7 Å². The van der Waals surface area contributed by atoms with Gasteiger partial charge in [-0.15, -0.1) is 0 Å². The normalized spacial score (nSPS) is 18.2. The van der Waals surface area contributed by atoms with Gasteiger partial charge in [0.15, 0.2) is 0 Å². The van der Waals surface area contributed by atoms with Crippen molar-refractivity contribution in [2.75, 3.05) is 10.6 Å². The van der Waals surface area contributed by atoms with E-state index in [0.29, 0.717) is 12.1 Å². The Balaban J connectivity index is 1.90. The van der Waals surface area contributed by atoms with Crippen LogP contribution in [0.4, 0.5) is 5.69 Å². The van der Waals surface area contributed by atoms with Crippen LogP contribution in [0.25, 0.3) is 0 Å². The molecule has 174 valence electrons. The number of sulfonamides is 1. The lowest BCUT2D eigenvalue weighted by Gasteiger charge is -2.42. The topological polar surface area (TPSA) is 75.7 Å². The Morgan fingerprint density at radius 2 is 1.75 bits per heavy atom. The second-order valence-electron chi connectivity index (χ2n) is 8.55. The molecule has 2 aromatic rings. The number of amides is 1. The Labute approximate surface area is 192 Å². The molecule has 1 aliphatic heterocycles. The molecule has 1 N–H and O–H groups in total. The van der Waals surface area contributed by atoms with Gasteiger partial charge in [0.05, 0.1) is 18.0 Å². The standard InChI is InChI=1S/C25H34N2O4S/c1-6-19-13-15-20(16-14-19)27(32(5,29)30)18(4)24(28)26-22-17-25(7-2,8-3)31-23-12-10-9-11-21(22)23/h9-16,18,22H,6-8,17H2,1-5H3,(H,26,28)/t18-,22-/m0/s1. The van der Waals surface area contributed by atoms with Crippen LogP contribution < -0.4 is 14.4 Å². The molecule has 0 radical (unpaired) electrons. The molecule has 0 saturated carbocycles. The summed E-state index contributed by atoms with van der Waals surface area (Å²) in [5, 5.41) is 3.12. The van der Waals surface area contributed by atoms with Gasteiger partial charge in [-0.05, 0) is 49.9 Å². The highest BCUT2D eigenvalue weighted by Gasteiger charge is 2.40. The molecule has 0 spiro atoms. The zero-order valence-corrected chi connectivity index (χ0v) is 20.4. The highest BCUT2D eigenvalue weighted by molar-refractivity contribution is 7.92. The fourth-order valence-electron chi connectivity index (χ4n) is 4.41. The Morgan fingerprint density at radius 3 is 2.31 bits per heavy atom. The van der Waals surface area contributed by atoms with Crippen LogP contribution >= 0.6 is 0 Å². The number of rotatable bonds is 8. The largest absolute Gasteiger partial charge is 0.487 e. The van der Waals surface area contributed by atoms with Crippen LogP contribution in [-0.4, -0.2) is 32.2 Å². The number of carbonyl (C=O) groups excluding carboxylic acids is 1. The number of carbonyl (C=O) groups is 1. The number of fused-ring (bicyclic) bond motifs is 1. The van der Waals surface area contributed by atoms with Crippen LogP contribution in [0.1, 0.15) is 64.1 Å². The maximum atomic E-state index is 13.3. The molecule has 2 aromatic carbocycles. The molecule has 3 rings (SSSR count). The smallest absolute Gasteiger partial charge is 0.244 e. The molecule has 2 atom stereocenters. The van der Waals surface area contributed by atoms with E-state index in [-0.39, 0.29) is 17.6 Å². The van der Waals surface area contributed by atoms with E-state index in [1.165, 1.54) is 4.31 Å². The van der Waals surface area contributed by atoms with Crippen LogP contribution in [-0.2, 0) is 21.2 Å². The van der Waals surface area contributed by atoms with E-state index in [0.717, 1.165) is 42.4 Å². The van der Waals surface area contributed by atoms with Crippen LogP contribution in [0.2, 0.25) is 0 Å². The molecule has 1 amide bonds. The van der Waals surface area contributed by atoms with Gasteiger partial charge in [-0.2, -0.15) is 0 Å². The lowest BCUT2D eigenvalue weighted by Crippen LogP contribution is -2.51. The van der Waals surface area contributed by atoms with Crippen molar-refractivity contribution in [3.63, 3.8) is 0 Å². The molecular weight excluding hydrogens is 424 g/mol. The lowest BCUT2D eigenvalue weighted by atomic mass is 9.83. The first kappa shape index (κ1) is 24.1. The van der Waals surface area contributed by atoms with Gasteiger partial charge >= 0.3 is 0 Å². The maximum Gasteiger partial charge on any atom is 0.244 e. The summed E-state index contributed by atoms with van der Waals surface area (Å²) in [5.74, 6) is 0.438. The number of benzene rings is 2. The highest BCUT2D eigenvalue weighted by Crippen LogP contribution is 2.42. The van der Waals surface area contributed by atoms with Gasteiger partial charge in [-0.25, -0.2) is 8.42 Å². The fourth-order valence-corrected chi connectivity index (χ4v) is 5.58. The average Bonchev–Trinajstić information content (AvgIpc) is 2.78. The third-order valence-electron chi connectivity index (χ3n) is 6.49. The first-order valence-electron chi connectivity index (χ1n) is 11.3. The second kappa shape index (κ2) is 9.53. The summed E-state index contributed by atoms with van der Waals surface area (Å²) in [6.07, 6.45) is 4.26. The molecule has 0 aromatic heterocycles. The van der Waals surface area contributed by atoms with Crippen molar-refractivity contribution in [2.24, 2.45) is 0 Å². The monoisotopic (exact) mass is 458 g/mol. The Bertz CT molecular complexity index is 1050. The Kier molecular flexibility index (Phi) is 7.18. The van der Waals surface area contributed by atoms with Crippen LogP contribution in [0.15, 0.2) is 48.5 Å². The van der Waals surface area contributed by atoms with Crippen LogP contribution in [0, 0.1) is 0 Å². The van der Waals surface area contributed by atoms with E-state index in [4.69, 9.17) is 4.74 Å².